The Kier molecular flexibility index (Phi) is 5.96. The molecule has 1 unspecified atom stereocenters. The van der Waals surface area contributed by atoms with Gasteiger partial charge in [0.15, 0.2) is 23.0 Å². The molecule has 0 fully saturated rings. The lowest BCUT2D eigenvalue weighted by Gasteiger charge is -2.24. The van der Waals surface area contributed by atoms with Crippen LogP contribution >= 0.6 is 0 Å². The molecular weight excluding hydrogens is 396 g/mol. The van der Waals surface area contributed by atoms with E-state index in [-0.39, 0.29) is 17.9 Å². The van der Waals surface area contributed by atoms with Crippen LogP contribution in [-0.4, -0.2) is 37.3 Å². The second-order valence-electron chi connectivity index (χ2n) is 5.74. The average molecular weight is 411 g/mol. The number of hydrogen-bond acceptors (Lipinski definition) is 8. The first-order valence-electron chi connectivity index (χ1n) is 8.24. The van der Waals surface area contributed by atoms with Crippen molar-refractivity contribution in [3.05, 3.63) is 52.1 Å². The summed E-state index contributed by atoms with van der Waals surface area (Å²) in [4.78, 5) is 22.7. The SMILES string of the molecule is COc1cc(COC(=O)C2COc3ccccc3O2)c([N+](=O)[O-])cc1OC(F)F. The third-order valence-corrected chi connectivity index (χ3v) is 3.92. The van der Waals surface area contributed by atoms with Crippen molar-refractivity contribution >= 4 is 11.7 Å². The Morgan fingerprint density at radius 2 is 2.00 bits per heavy atom. The molecule has 0 aliphatic carbocycles. The average Bonchev–Trinajstić information content (AvgIpc) is 2.71. The van der Waals surface area contributed by atoms with E-state index >= 15 is 0 Å². The maximum Gasteiger partial charge on any atom is 0.387 e. The molecule has 0 saturated heterocycles. The van der Waals surface area contributed by atoms with Crippen LogP contribution in [0.15, 0.2) is 36.4 Å². The van der Waals surface area contributed by atoms with E-state index in [1.54, 1.807) is 24.3 Å². The van der Waals surface area contributed by atoms with Crippen LogP contribution in [0.4, 0.5) is 14.5 Å². The smallest absolute Gasteiger partial charge is 0.387 e. The zero-order chi connectivity index (χ0) is 21.0. The van der Waals surface area contributed by atoms with E-state index < -0.39 is 41.7 Å². The summed E-state index contributed by atoms with van der Waals surface area (Å²) in [6.45, 7) is -3.80. The van der Waals surface area contributed by atoms with Crippen LogP contribution in [0.5, 0.6) is 23.0 Å². The van der Waals surface area contributed by atoms with Crippen molar-refractivity contribution < 1.29 is 42.2 Å². The van der Waals surface area contributed by atoms with Gasteiger partial charge in [0.1, 0.15) is 13.2 Å². The largest absolute Gasteiger partial charge is 0.493 e. The Hall–Kier alpha value is -3.63. The molecule has 1 atom stereocenters. The number of halogens is 2. The van der Waals surface area contributed by atoms with E-state index in [1.165, 1.54) is 7.11 Å². The number of ether oxygens (including phenoxy) is 5. The summed E-state index contributed by atoms with van der Waals surface area (Å²) in [6.07, 6.45) is -1.06. The minimum atomic E-state index is -3.20. The topological polar surface area (TPSA) is 106 Å². The molecule has 1 aliphatic heterocycles. The van der Waals surface area contributed by atoms with Crippen LogP contribution in [0.1, 0.15) is 5.56 Å². The molecule has 1 aliphatic rings. The highest BCUT2D eigenvalue weighted by Gasteiger charge is 2.30. The van der Waals surface area contributed by atoms with Gasteiger partial charge in [0, 0.05) is 0 Å². The van der Waals surface area contributed by atoms with E-state index in [0.29, 0.717) is 11.5 Å². The molecule has 0 saturated carbocycles. The molecule has 29 heavy (non-hydrogen) atoms. The van der Waals surface area contributed by atoms with Crippen molar-refractivity contribution in [1.82, 2.24) is 0 Å². The van der Waals surface area contributed by atoms with E-state index in [9.17, 15) is 23.7 Å². The number of nitrogens with zero attached hydrogens (tertiary/aromatic N) is 1. The maximum absolute atomic E-state index is 12.5. The molecule has 0 spiro atoms. The minimum absolute atomic E-state index is 0.0704. The number of methoxy groups -OCH3 is 1. The quantitative estimate of drug-likeness (QED) is 0.389. The lowest BCUT2D eigenvalue weighted by atomic mass is 10.1. The molecule has 0 bridgehead atoms. The zero-order valence-electron chi connectivity index (χ0n) is 15.0. The van der Waals surface area contributed by atoms with Gasteiger partial charge < -0.3 is 23.7 Å². The lowest BCUT2D eigenvalue weighted by molar-refractivity contribution is -0.386. The van der Waals surface area contributed by atoms with Crippen LogP contribution in [0, 0.1) is 10.1 Å². The Balaban J connectivity index is 1.74. The van der Waals surface area contributed by atoms with Crippen molar-refractivity contribution in [2.24, 2.45) is 0 Å². The van der Waals surface area contributed by atoms with E-state index in [2.05, 4.69) is 4.74 Å². The molecule has 9 nitrogen and oxygen atoms in total. The van der Waals surface area contributed by atoms with Crippen LogP contribution < -0.4 is 18.9 Å². The number of alkyl halides is 2. The Morgan fingerprint density at radius 1 is 1.28 bits per heavy atom. The fourth-order valence-electron chi connectivity index (χ4n) is 2.60. The molecule has 154 valence electrons. The standard InChI is InChI=1S/C18H15F2NO8/c1-25-14-6-10(11(21(23)24)7-15(14)29-18(19)20)8-27-17(22)16-9-26-12-4-2-3-5-13(12)28-16/h2-7,16,18H,8-9H2,1H3. The number of nitro benzene ring substituents is 1. The van der Waals surface area contributed by atoms with Crippen molar-refractivity contribution in [1.29, 1.82) is 0 Å². The molecule has 0 amide bonds. The van der Waals surface area contributed by atoms with Gasteiger partial charge in [0.05, 0.1) is 23.7 Å². The molecule has 0 N–H and O–H groups in total. The Morgan fingerprint density at radius 3 is 2.66 bits per heavy atom. The summed E-state index contributed by atoms with van der Waals surface area (Å²) >= 11 is 0. The summed E-state index contributed by atoms with van der Waals surface area (Å²) in [5, 5.41) is 11.3. The highest BCUT2D eigenvalue weighted by atomic mass is 19.3. The van der Waals surface area contributed by atoms with Crippen molar-refractivity contribution in [3.63, 3.8) is 0 Å². The van der Waals surface area contributed by atoms with Gasteiger partial charge in [0.2, 0.25) is 6.10 Å². The molecule has 2 aromatic rings. The molecular formula is C18H15F2NO8. The third kappa shape index (κ3) is 4.62. The van der Waals surface area contributed by atoms with Crippen molar-refractivity contribution in [2.75, 3.05) is 13.7 Å². The van der Waals surface area contributed by atoms with Crippen LogP contribution in [0.3, 0.4) is 0 Å². The second-order valence-corrected chi connectivity index (χ2v) is 5.74. The van der Waals surface area contributed by atoms with Gasteiger partial charge in [-0.15, -0.1) is 0 Å². The summed E-state index contributed by atoms with van der Waals surface area (Å²) in [6, 6.07) is 8.62. The van der Waals surface area contributed by atoms with Crippen molar-refractivity contribution in [2.45, 2.75) is 19.3 Å². The van der Waals surface area contributed by atoms with Gasteiger partial charge in [-0.2, -0.15) is 8.78 Å². The molecule has 2 aromatic carbocycles. The first-order valence-corrected chi connectivity index (χ1v) is 8.24. The zero-order valence-corrected chi connectivity index (χ0v) is 15.0. The van der Waals surface area contributed by atoms with Crippen LogP contribution in [0.25, 0.3) is 0 Å². The molecule has 1 heterocycles. The number of carbonyl (C=O) groups excluding carboxylic acids is 1. The highest BCUT2D eigenvalue weighted by Crippen LogP contribution is 2.36. The predicted molar refractivity (Wildman–Crippen MR) is 92.4 cm³/mol. The fourth-order valence-corrected chi connectivity index (χ4v) is 2.60. The summed E-state index contributed by atoms with van der Waals surface area (Å²) in [5.74, 6) is -0.646. The van der Waals surface area contributed by atoms with E-state index in [1.807, 2.05) is 0 Å². The van der Waals surface area contributed by atoms with Crippen molar-refractivity contribution in [3.8, 4) is 23.0 Å². The monoisotopic (exact) mass is 411 g/mol. The molecule has 11 heteroatoms. The first kappa shape index (κ1) is 20.1. The lowest BCUT2D eigenvalue weighted by Crippen LogP contribution is -2.37. The summed E-state index contributed by atoms with van der Waals surface area (Å²) in [7, 11) is 1.18. The van der Waals surface area contributed by atoms with Gasteiger partial charge in [-0.3, -0.25) is 10.1 Å². The number of rotatable bonds is 7. The summed E-state index contributed by atoms with van der Waals surface area (Å²) < 4.78 is 50.2. The summed E-state index contributed by atoms with van der Waals surface area (Å²) in [5.41, 5.74) is -0.639. The second kappa shape index (κ2) is 8.59. The number of carbonyl (C=O) groups is 1. The normalized spacial score (nSPS) is 15.0. The van der Waals surface area contributed by atoms with Gasteiger partial charge >= 0.3 is 12.6 Å². The maximum atomic E-state index is 12.5. The van der Waals surface area contributed by atoms with Gasteiger partial charge in [-0.1, -0.05) is 12.1 Å². The molecule has 0 radical (unpaired) electrons. The Bertz CT molecular complexity index is 921. The number of hydrogen-bond donors (Lipinski definition) is 0. The third-order valence-electron chi connectivity index (χ3n) is 3.92. The molecule has 0 aromatic heterocycles. The number of benzene rings is 2. The van der Waals surface area contributed by atoms with Gasteiger partial charge in [0.25, 0.3) is 5.69 Å². The number of fused-ring (bicyclic) bond motifs is 1. The predicted octanol–water partition coefficient (Wildman–Crippen LogP) is 3.09. The number of para-hydroxylation sites is 2. The minimum Gasteiger partial charge on any atom is -0.493 e. The number of nitro groups is 1. The first-order chi connectivity index (χ1) is 13.9. The highest BCUT2D eigenvalue weighted by molar-refractivity contribution is 5.76. The van der Waals surface area contributed by atoms with E-state index in [0.717, 1.165) is 12.1 Å². The van der Waals surface area contributed by atoms with Gasteiger partial charge in [-0.25, -0.2) is 4.79 Å². The number of esters is 1. The van der Waals surface area contributed by atoms with E-state index in [4.69, 9.17) is 18.9 Å². The van der Waals surface area contributed by atoms with Crippen LogP contribution in [0.2, 0.25) is 0 Å². The molecule has 3 rings (SSSR count). The fraction of sp³-hybridized carbons (Fsp3) is 0.278. The van der Waals surface area contributed by atoms with Gasteiger partial charge in [-0.05, 0) is 18.2 Å². The Labute approximate surface area is 162 Å². The van der Waals surface area contributed by atoms with Crippen LogP contribution in [-0.2, 0) is 16.1 Å².